The number of anilines is 1. The van der Waals surface area contributed by atoms with Crippen LogP contribution in [0, 0.1) is 11.6 Å². The summed E-state index contributed by atoms with van der Waals surface area (Å²) in [6.45, 7) is 0.306. The van der Waals surface area contributed by atoms with Gasteiger partial charge in [-0.2, -0.15) is 0 Å². The third-order valence-electron chi connectivity index (χ3n) is 3.61. The Balaban J connectivity index is 0.00000208. The van der Waals surface area contributed by atoms with Crippen LogP contribution in [0.2, 0.25) is 5.02 Å². The summed E-state index contributed by atoms with van der Waals surface area (Å²) >= 11 is 5.68. The van der Waals surface area contributed by atoms with E-state index in [1.165, 1.54) is 24.3 Å². The zero-order valence-electron chi connectivity index (χ0n) is 12.3. The van der Waals surface area contributed by atoms with Crippen LogP contribution in [0.3, 0.4) is 0 Å². The van der Waals surface area contributed by atoms with E-state index in [-0.39, 0.29) is 34.3 Å². The number of nitrogens with two attached hydrogens (primary N) is 1. The molecule has 0 aliphatic carbocycles. The van der Waals surface area contributed by atoms with Crippen molar-refractivity contribution in [3.8, 4) is 5.75 Å². The molecule has 3 N–H and O–H groups in total. The maximum atomic E-state index is 13.9. The maximum Gasteiger partial charge on any atom is 0.259 e. The molecule has 0 fully saturated rings. The number of ether oxygens (including phenoxy) is 1. The lowest BCUT2D eigenvalue weighted by molar-refractivity contribution is 0.102. The Morgan fingerprint density at radius 1 is 1.25 bits per heavy atom. The van der Waals surface area contributed by atoms with Gasteiger partial charge in [0, 0.05) is 23.7 Å². The number of benzene rings is 2. The summed E-state index contributed by atoms with van der Waals surface area (Å²) in [5.74, 6) is -1.46. The number of rotatable bonds is 2. The Labute approximate surface area is 148 Å². The monoisotopic (exact) mass is 374 g/mol. The van der Waals surface area contributed by atoms with E-state index < -0.39 is 23.6 Å². The third kappa shape index (κ3) is 3.45. The van der Waals surface area contributed by atoms with Gasteiger partial charge in [-0.3, -0.25) is 4.79 Å². The molecule has 24 heavy (non-hydrogen) atoms. The maximum absolute atomic E-state index is 13.9. The minimum absolute atomic E-state index is 0. The lowest BCUT2D eigenvalue weighted by Crippen LogP contribution is -2.25. The van der Waals surface area contributed by atoms with E-state index in [2.05, 4.69) is 5.32 Å². The van der Waals surface area contributed by atoms with Gasteiger partial charge in [-0.25, -0.2) is 8.78 Å². The molecule has 0 spiro atoms. The van der Waals surface area contributed by atoms with Gasteiger partial charge in [-0.05, 0) is 30.3 Å². The van der Waals surface area contributed by atoms with Crippen LogP contribution in [0.25, 0.3) is 0 Å². The van der Waals surface area contributed by atoms with Crippen molar-refractivity contribution in [2.45, 2.75) is 12.5 Å². The van der Waals surface area contributed by atoms with Crippen molar-refractivity contribution in [1.29, 1.82) is 0 Å². The van der Waals surface area contributed by atoms with Crippen molar-refractivity contribution in [2.24, 2.45) is 5.73 Å². The molecule has 0 radical (unpaired) electrons. The van der Waals surface area contributed by atoms with Crippen LogP contribution in [0.5, 0.6) is 5.75 Å². The Bertz CT molecular complexity index is 787. The smallest absolute Gasteiger partial charge is 0.259 e. The van der Waals surface area contributed by atoms with Crippen LogP contribution in [-0.4, -0.2) is 12.5 Å². The SMILES string of the molecule is Cl.N[C@H]1CCOc2c(C(=O)Nc3ccc(F)c(Cl)c3)ccc(F)c21. The van der Waals surface area contributed by atoms with E-state index in [0.717, 1.165) is 6.07 Å². The zero-order chi connectivity index (χ0) is 16.6. The van der Waals surface area contributed by atoms with Gasteiger partial charge in [0.05, 0.1) is 17.2 Å². The van der Waals surface area contributed by atoms with Crippen molar-refractivity contribution in [2.75, 3.05) is 11.9 Å². The number of nitrogens with one attached hydrogen (secondary N) is 1. The van der Waals surface area contributed by atoms with Gasteiger partial charge in [0.15, 0.2) is 0 Å². The molecule has 128 valence electrons. The standard InChI is InChI=1S/C16H13ClF2N2O2.ClH/c17-10-7-8(1-3-11(10)18)21-16(22)9-2-4-12(19)14-13(20)5-6-23-15(9)14;/h1-4,7,13H,5-6,20H2,(H,21,22);1H/t13-;/m0./s1. The molecule has 1 aliphatic rings. The van der Waals surface area contributed by atoms with Gasteiger partial charge in [-0.1, -0.05) is 11.6 Å². The van der Waals surface area contributed by atoms with Gasteiger partial charge in [0.1, 0.15) is 17.4 Å². The molecule has 3 rings (SSSR count). The molecule has 8 heteroatoms. The first kappa shape index (κ1) is 18.4. The first-order valence-electron chi connectivity index (χ1n) is 6.94. The van der Waals surface area contributed by atoms with Gasteiger partial charge in [0.2, 0.25) is 0 Å². The molecule has 0 saturated heterocycles. The highest BCUT2D eigenvalue weighted by Crippen LogP contribution is 2.36. The van der Waals surface area contributed by atoms with Crippen molar-refractivity contribution >= 4 is 35.6 Å². The third-order valence-corrected chi connectivity index (χ3v) is 3.90. The fourth-order valence-corrected chi connectivity index (χ4v) is 2.64. The number of carbonyl (C=O) groups excluding carboxylic acids is 1. The molecular formula is C16H14Cl2F2N2O2. The average molecular weight is 375 g/mol. The van der Waals surface area contributed by atoms with Crippen LogP contribution in [0.1, 0.15) is 28.4 Å². The summed E-state index contributed by atoms with van der Waals surface area (Å²) in [6, 6.07) is 5.79. The second kappa shape index (κ2) is 7.34. The molecule has 0 unspecified atom stereocenters. The van der Waals surface area contributed by atoms with Crippen LogP contribution in [-0.2, 0) is 0 Å². The fraction of sp³-hybridized carbons (Fsp3) is 0.188. The molecule has 2 aromatic carbocycles. The van der Waals surface area contributed by atoms with Crippen molar-refractivity contribution < 1.29 is 18.3 Å². The van der Waals surface area contributed by atoms with Gasteiger partial charge in [-0.15, -0.1) is 12.4 Å². The van der Waals surface area contributed by atoms with E-state index in [9.17, 15) is 13.6 Å². The molecule has 1 amide bonds. The predicted molar refractivity (Wildman–Crippen MR) is 90.1 cm³/mol. The molecule has 2 aromatic rings. The van der Waals surface area contributed by atoms with E-state index in [4.69, 9.17) is 22.1 Å². The lowest BCUT2D eigenvalue weighted by Gasteiger charge is -2.25. The topological polar surface area (TPSA) is 64.3 Å². The van der Waals surface area contributed by atoms with E-state index >= 15 is 0 Å². The highest BCUT2D eigenvalue weighted by Gasteiger charge is 2.27. The summed E-state index contributed by atoms with van der Waals surface area (Å²) in [7, 11) is 0. The van der Waals surface area contributed by atoms with Crippen LogP contribution in [0.4, 0.5) is 14.5 Å². The predicted octanol–water partition coefficient (Wildman–Crippen LogP) is 4.07. The molecular weight excluding hydrogens is 361 g/mol. The Kier molecular flexibility index (Phi) is 5.64. The van der Waals surface area contributed by atoms with E-state index in [1.807, 2.05) is 0 Å². The largest absolute Gasteiger partial charge is 0.492 e. The number of amides is 1. The first-order chi connectivity index (χ1) is 11.0. The van der Waals surface area contributed by atoms with E-state index in [0.29, 0.717) is 18.7 Å². The minimum atomic E-state index is -0.585. The molecule has 0 aromatic heterocycles. The number of carbonyl (C=O) groups is 1. The Morgan fingerprint density at radius 2 is 1.96 bits per heavy atom. The molecule has 0 bridgehead atoms. The van der Waals surface area contributed by atoms with Crippen LogP contribution in [0.15, 0.2) is 30.3 Å². The number of hydrogen-bond donors (Lipinski definition) is 2. The molecule has 1 atom stereocenters. The van der Waals surface area contributed by atoms with Crippen LogP contribution < -0.4 is 15.8 Å². The number of halogens is 4. The second-order valence-electron chi connectivity index (χ2n) is 5.16. The quantitative estimate of drug-likeness (QED) is 0.832. The average Bonchev–Trinajstić information content (AvgIpc) is 2.51. The Morgan fingerprint density at radius 3 is 2.67 bits per heavy atom. The number of fused-ring (bicyclic) bond motifs is 1. The number of hydrogen-bond acceptors (Lipinski definition) is 3. The zero-order valence-corrected chi connectivity index (χ0v) is 13.9. The van der Waals surface area contributed by atoms with Gasteiger partial charge in [0.25, 0.3) is 5.91 Å². The van der Waals surface area contributed by atoms with E-state index in [1.54, 1.807) is 0 Å². The summed E-state index contributed by atoms with van der Waals surface area (Å²) in [6.07, 6.45) is 0.475. The van der Waals surface area contributed by atoms with Crippen molar-refractivity contribution in [3.63, 3.8) is 0 Å². The van der Waals surface area contributed by atoms with Crippen molar-refractivity contribution in [1.82, 2.24) is 0 Å². The summed E-state index contributed by atoms with van der Waals surface area (Å²) in [5, 5.41) is 2.47. The normalized spacial score (nSPS) is 15.8. The molecule has 0 saturated carbocycles. The molecule has 1 aliphatic heterocycles. The molecule has 1 heterocycles. The highest BCUT2D eigenvalue weighted by molar-refractivity contribution is 6.31. The fourth-order valence-electron chi connectivity index (χ4n) is 2.46. The summed E-state index contributed by atoms with van der Waals surface area (Å²) in [5.41, 5.74) is 6.57. The second-order valence-corrected chi connectivity index (χ2v) is 5.57. The van der Waals surface area contributed by atoms with Gasteiger partial charge >= 0.3 is 0 Å². The Hall–Kier alpha value is -1.89. The lowest BCUT2D eigenvalue weighted by atomic mass is 9.97. The molecule has 4 nitrogen and oxygen atoms in total. The first-order valence-corrected chi connectivity index (χ1v) is 7.32. The summed E-state index contributed by atoms with van der Waals surface area (Å²) < 4.78 is 32.5. The summed E-state index contributed by atoms with van der Waals surface area (Å²) in [4.78, 5) is 12.4. The van der Waals surface area contributed by atoms with Crippen LogP contribution >= 0.6 is 24.0 Å². The van der Waals surface area contributed by atoms with Crippen molar-refractivity contribution in [3.05, 3.63) is 58.1 Å². The highest BCUT2D eigenvalue weighted by atomic mass is 35.5. The minimum Gasteiger partial charge on any atom is -0.492 e. The van der Waals surface area contributed by atoms with Gasteiger partial charge < -0.3 is 15.8 Å².